The molecule has 0 nitrogen and oxygen atoms in total. The molecule has 0 heteroatoms. The number of benzene rings is 2. The lowest BCUT2D eigenvalue weighted by Gasteiger charge is -2.15. The summed E-state index contributed by atoms with van der Waals surface area (Å²) in [6.45, 7) is 7.95. The highest BCUT2D eigenvalue weighted by atomic mass is 14.2. The first kappa shape index (κ1) is 11.7. The van der Waals surface area contributed by atoms with Crippen LogP contribution in [0.5, 0.6) is 0 Å². The second kappa shape index (κ2) is 4.74. The average molecular weight is 244 g/mol. The van der Waals surface area contributed by atoms with E-state index >= 15 is 0 Å². The number of hydrogen-bond acceptors (Lipinski definition) is 0. The van der Waals surface area contributed by atoms with Crippen LogP contribution in [0.2, 0.25) is 0 Å². The molecule has 0 radical (unpaired) electrons. The van der Waals surface area contributed by atoms with E-state index in [1.807, 2.05) is 12.2 Å². The van der Waals surface area contributed by atoms with Gasteiger partial charge in [0.1, 0.15) is 0 Å². The predicted molar refractivity (Wildman–Crippen MR) is 86.8 cm³/mol. The van der Waals surface area contributed by atoms with Gasteiger partial charge in [0.2, 0.25) is 0 Å². The van der Waals surface area contributed by atoms with Crippen LogP contribution in [0.1, 0.15) is 28.7 Å². The fraction of sp³-hybridized carbons (Fsp3) is 0.0526. The van der Waals surface area contributed by atoms with Crippen molar-refractivity contribution in [3.63, 3.8) is 0 Å². The lowest BCUT2D eigenvalue weighted by atomic mass is 9.89. The first-order valence-electron chi connectivity index (χ1n) is 6.53. The van der Waals surface area contributed by atoms with Crippen molar-refractivity contribution in [2.24, 2.45) is 0 Å². The molecule has 0 heterocycles. The number of fused-ring (bicyclic) bond motifs is 3. The van der Waals surface area contributed by atoms with Crippen LogP contribution in [-0.4, -0.2) is 0 Å². The molecule has 0 unspecified atom stereocenters. The first-order chi connectivity index (χ1) is 9.36. The smallest absolute Gasteiger partial charge is 0.00991 e. The van der Waals surface area contributed by atoms with E-state index in [4.69, 9.17) is 0 Å². The van der Waals surface area contributed by atoms with Crippen molar-refractivity contribution in [2.45, 2.75) is 6.42 Å². The Hall–Kier alpha value is -2.34. The number of allylic oxidation sites excluding steroid dienone is 2. The molecule has 92 valence electrons. The van der Waals surface area contributed by atoms with Gasteiger partial charge >= 0.3 is 0 Å². The van der Waals surface area contributed by atoms with Crippen molar-refractivity contribution < 1.29 is 0 Å². The molecule has 2 aromatic carbocycles. The maximum atomic E-state index is 3.98. The van der Waals surface area contributed by atoms with Gasteiger partial charge in [-0.3, -0.25) is 0 Å². The molecular formula is C19H16. The molecule has 0 bridgehead atoms. The highest BCUT2D eigenvalue weighted by molar-refractivity contribution is 6.03. The normalized spacial score (nSPS) is 13.1. The Kier molecular flexibility index (Phi) is 2.92. The van der Waals surface area contributed by atoms with E-state index in [2.05, 4.69) is 61.7 Å². The van der Waals surface area contributed by atoms with Crippen LogP contribution in [0, 0.1) is 0 Å². The van der Waals surface area contributed by atoms with Gasteiger partial charge in [-0.15, -0.1) is 0 Å². The van der Waals surface area contributed by atoms with Crippen LogP contribution in [0.25, 0.3) is 35.1 Å². The van der Waals surface area contributed by atoms with Crippen molar-refractivity contribution >= 4 is 35.1 Å². The Bertz CT molecular complexity index is 727. The average Bonchev–Trinajstić information content (AvgIpc) is 2.71. The van der Waals surface area contributed by atoms with Crippen LogP contribution in [-0.2, 0) is 0 Å². The lowest BCUT2D eigenvalue weighted by molar-refractivity contribution is 1.44. The molecule has 0 aromatic heterocycles. The van der Waals surface area contributed by atoms with Crippen molar-refractivity contribution in [1.29, 1.82) is 0 Å². The minimum absolute atomic E-state index is 0.975. The second-order valence-corrected chi connectivity index (χ2v) is 4.65. The molecular weight excluding hydrogens is 228 g/mol. The quantitative estimate of drug-likeness (QED) is 0.649. The summed E-state index contributed by atoms with van der Waals surface area (Å²) in [5, 5.41) is 2.52. The van der Waals surface area contributed by atoms with E-state index in [1.54, 1.807) is 0 Å². The van der Waals surface area contributed by atoms with Crippen molar-refractivity contribution in [3.8, 4) is 0 Å². The van der Waals surface area contributed by atoms with Gasteiger partial charge in [-0.05, 0) is 39.4 Å². The molecule has 0 fully saturated rings. The van der Waals surface area contributed by atoms with Gasteiger partial charge in [0.15, 0.2) is 0 Å². The summed E-state index contributed by atoms with van der Waals surface area (Å²) >= 11 is 0. The monoisotopic (exact) mass is 244 g/mol. The van der Waals surface area contributed by atoms with Gasteiger partial charge in [0.25, 0.3) is 0 Å². The number of hydrogen-bond donors (Lipinski definition) is 0. The van der Waals surface area contributed by atoms with Crippen LogP contribution in [0.4, 0.5) is 0 Å². The zero-order valence-electron chi connectivity index (χ0n) is 10.9. The van der Waals surface area contributed by atoms with Crippen LogP contribution in [0.3, 0.4) is 0 Å². The van der Waals surface area contributed by atoms with E-state index in [9.17, 15) is 0 Å². The van der Waals surface area contributed by atoms with E-state index in [0.29, 0.717) is 0 Å². The maximum absolute atomic E-state index is 3.98. The highest BCUT2D eigenvalue weighted by Crippen LogP contribution is 2.35. The third-order valence-corrected chi connectivity index (χ3v) is 3.63. The van der Waals surface area contributed by atoms with E-state index in [1.165, 1.54) is 33.0 Å². The summed E-state index contributed by atoms with van der Waals surface area (Å²) in [6, 6.07) is 8.50. The van der Waals surface area contributed by atoms with E-state index < -0.39 is 0 Å². The Labute approximate surface area is 114 Å². The summed E-state index contributed by atoms with van der Waals surface area (Å²) in [6.07, 6.45) is 13.7. The van der Waals surface area contributed by atoms with Crippen molar-refractivity contribution in [3.05, 3.63) is 71.8 Å². The fourth-order valence-electron chi connectivity index (χ4n) is 2.78. The minimum atomic E-state index is 0.975. The predicted octanol–water partition coefficient (Wildman–Crippen LogP) is 5.56. The second-order valence-electron chi connectivity index (χ2n) is 4.65. The highest BCUT2D eigenvalue weighted by Gasteiger charge is 2.13. The summed E-state index contributed by atoms with van der Waals surface area (Å²) in [4.78, 5) is 0. The lowest BCUT2D eigenvalue weighted by Crippen LogP contribution is -1.94. The van der Waals surface area contributed by atoms with Gasteiger partial charge in [-0.2, -0.15) is 0 Å². The summed E-state index contributed by atoms with van der Waals surface area (Å²) in [5.41, 5.74) is 4.87. The van der Waals surface area contributed by atoms with Gasteiger partial charge < -0.3 is 0 Å². The van der Waals surface area contributed by atoms with Crippen molar-refractivity contribution in [1.82, 2.24) is 0 Å². The molecule has 0 amide bonds. The third-order valence-electron chi connectivity index (χ3n) is 3.63. The third kappa shape index (κ3) is 1.77. The van der Waals surface area contributed by atoms with Gasteiger partial charge in [0, 0.05) is 0 Å². The maximum Gasteiger partial charge on any atom is -0.00991 e. The Morgan fingerprint density at radius 3 is 2.11 bits per heavy atom. The van der Waals surface area contributed by atoms with Gasteiger partial charge in [0.05, 0.1) is 0 Å². The minimum Gasteiger partial charge on any atom is -0.0984 e. The zero-order chi connectivity index (χ0) is 13.2. The van der Waals surface area contributed by atoms with E-state index in [-0.39, 0.29) is 0 Å². The molecule has 0 atom stereocenters. The molecule has 19 heavy (non-hydrogen) atoms. The standard InChI is InChI=1S/C19H16/c1-3-14-15(4-2)17-12-8-9-13-19(17)18-11-7-5-6-10-16(14)18/h3-4,6-13H,1-2,5H2. The molecule has 0 saturated heterocycles. The summed E-state index contributed by atoms with van der Waals surface area (Å²) < 4.78 is 0. The molecule has 0 saturated carbocycles. The SMILES string of the molecule is C=Cc1c2c(c3ccccc3c1C=C)C=CCC=C2. The Morgan fingerprint density at radius 1 is 0.789 bits per heavy atom. The Morgan fingerprint density at radius 2 is 1.42 bits per heavy atom. The molecule has 3 rings (SSSR count). The van der Waals surface area contributed by atoms with Crippen LogP contribution in [0.15, 0.2) is 49.6 Å². The molecule has 0 N–H and O–H groups in total. The molecule has 0 aliphatic heterocycles. The van der Waals surface area contributed by atoms with Crippen LogP contribution >= 0.6 is 0 Å². The van der Waals surface area contributed by atoms with Gasteiger partial charge in [-0.25, -0.2) is 0 Å². The first-order valence-corrected chi connectivity index (χ1v) is 6.53. The summed E-state index contributed by atoms with van der Waals surface area (Å²) in [5.74, 6) is 0. The zero-order valence-corrected chi connectivity index (χ0v) is 10.9. The largest absolute Gasteiger partial charge is 0.0984 e. The fourth-order valence-corrected chi connectivity index (χ4v) is 2.78. The molecule has 1 aliphatic rings. The molecule has 0 spiro atoms. The van der Waals surface area contributed by atoms with Crippen LogP contribution < -0.4 is 0 Å². The summed E-state index contributed by atoms with van der Waals surface area (Å²) in [7, 11) is 0. The van der Waals surface area contributed by atoms with Crippen molar-refractivity contribution in [2.75, 3.05) is 0 Å². The molecule has 1 aliphatic carbocycles. The van der Waals surface area contributed by atoms with E-state index in [0.717, 1.165) is 6.42 Å². The number of rotatable bonds is 2. The molecule has 2 aromatic rings. The topological polar surface area (TPSA) is 0 Å². The Balaban J connectivity index is 2.58. The van der Waals surface area contributed by atoms with Gasteiger partial charge in [-0.1, -0.05) is 73.9 Å².